The highest BCUT2D eigenvalue weighted by Gasteiger charge is 2.24. The van der Waals surface area contributed by atoms with Crippen LogP contribution in [0.25, 0.3) is 0 Å². The van der Waals surface area contributed by atoms with E-state index in [4.69, 9.17) is 0 Å². The fourth-order valence-electron chi connectivity index (χ4n) is 2.99. The van der Waals surface area contributed by atoms with Gasteiger partial charge >= 0.3 is 0 Å². The molecule has 0 unspecified atom stereocenters. The van der Waals surface area contributed by atoms with E-state index in [-0.39, 0.29) is 12.4 Å². The molecular formula is C18H23ClN2. The third-order valence-electron chi connectivity index (χ3n) is 4.07. The fourth-order valence-corrected chi connectivity index (χ4v) is 2.99. The van der Waals surface area contributed by atoms with Gasteiger partial charge in [-0.2, -0.15) is 0 Å². The third kappa shape index (κ3) is 4.48. The summed E-state index contributed by atoms with van der Waals surface area (Å²) in [7, 11) is 0. The molecule has 3 rings (SSSR count). The zero-order valence-electron chi connectivity index (χ0n) is 12.2. The van der Waals surface area contributed by atoms with Gasteiger partial charge in [0.05, 0.1) is 0 Å². The van der Waals surface area contributed by atoms with Crippen molar-refractivity contribution in [3.63, 3.8) is 0 Å². The molecule has 21 heavy (non-hydrogen) atoms. The number of para-hydroxylation sites is 1. The quantitative estimate of drug-likeness (QED) is 0.899. The number of halogens is 1. The number of benzene rings is 2. The van der Waals surface area contributed by atoms with Gasteiger partial charge in [0.25, 0.3) is 0 Å². The molecule has 1 heterocycles. The van der Waals surface area contributed by atoms with Crippen molar-refractivity contribution >= 4 is 18.1 Å². The molecule has 1 fully saturated rings. The molecule has 0 saturated carbocycles. The topological polar surface area (TPSA) is 24.1 Å². The Labute approximate surface area is 133 Å². The first-order valence-corrected chi connectivity index (χ1v) is 7.48. The van der Waals surface area contributed by atoms with E-state index >= 15 is 0 Å². The number of anilines is 1. The van der Waals surface area contributed by atoms with Crippen LogP contribution in [0.1, 0.15) is 12.0 Å². The molecule has 1 aliphatic rings. The SMILES string of the molecule is Cl.c1ccc(C[C@@H]2CNCC[C@@H]2Nc2ccccc2)cc1. The first-order valence-electron chi connectivity index (χ1n) is 7.48. The molecular weight excluding hydrogens is 280 g/mol. The van der Waals surface area contributed by atoms with Crippen LogP contribution in [0.15, 0.2) is 60.7 Å². The lowest BCUT2D eigenvalue weighted by Crippen LogP contribution is -2.44. The van der Waals surface area contributed by atoms with E-state index in [2.05, 4.69) is 71.3 Å². The molecule has 2 aromatic carbocycles. The molecule has 0 bridgehead atoms. The van der Waals surface area contributed by atoms with Crippen molar-refractivity contribution in [2.45, 2.75) is 18.9 Å². The minimum Gasteiger partial charge on any atom is -0.382 e. The Morgan fingerprint density at radius 1 is 0.952 bits per heavy atom. The summed E-state index contributed by atoms with van der Waals surface area (Å²) >= 11 is 0. The third-order valence-corrected chi connectivity index (χ3v) is 4.07. The second-order valence-electron chi connectivity index (χ2n) is 5.56. The lowest BCUT2D eigenvalue weighted by atomic mass is 9.87. The lowest BCUT2D eigenvalue weighted by Gasteiger charge is -2.33. The number of rotatable bonds is 4. The summed E-state index contributed by atoms with van der Waals surface area (Å²) in [5, 5.41) is 7.24. The van der Waals surface area contributed by atoms with Crippen LogP contribution in [0.4, 0.5) is 5.69 Å². The van der Waals surface area contributed by atoms with Gasteiger partial charge in [-0.1, -0.05) is 48.5 Å². The molecule has 1 aliphatic heterocycles. The van der Waals surface area contributed by atoms with Gasteiger partial charge < -0.3 is 10.6 Å². The van der Waals surface area contributed by atoms with E-state index in [0.717, 1.165) is 19.5 Å². The second-order valence-corrected chi connectivity index (χ2v) is 5.56. The molecule has 112 valence electrons. The van der Waals surface area contributed by atoms with Crippen molar-refractivity contribution in [1.82, 2.24) is 5.32 Å². The molecule has 3 heteroatoms. The minimum absolute atomic E-state index is 0. The smallest absolute Gasteiger partial charge is 0.0342 e. The molecule has 2 atom stereocenters. The number of hydrogen-bond acceptors (Lipinski definition) is 2. The number of nitrogens with one attached hydrogen (secondary N) is 2. The van der Waals surface area contributed by atoms with Gasteiger partial charge in [0.1, 0.15) is 0 Å². The summed E-state index contributed by atoms with van der Waals surface area (Å²) < 4.78 is 0. The van der Waals surface area contributed by atoms with Crippen molar-refractivity contribution in [2.75, 3.05) is 18.4 Å². The average molecular weight is 303 g/mol. The largest absolute Gasteiger partial charge is 0.382 e. The first kappa shape index (κ1) is 15.9. The Morgan fingerprint density at radius 3 is 2.33 bits per heavy atom. The minimum atomic E-state index is 0. The highest BCUT2D eigenvalue weighted by Crippen LogP contribution is 2.21. The van der Waals surface area contributed by atoms with E-state index in [1.165, 1.54) is 17.7 Å². The highest BCUT2D eigenvalue weighted by atomic mass is 35.5. The molecule has 0 radical (unpaired) electrons. The van der Waals surface area contributed by atoms with Gasteiger partial charge in [0.2, 0.25) is 0 Å². The van der Waals surface area contributed by atoms with E-state index in [1.807, 2.05) is 0 Å². The summed E-state index contributed by atoms with van der Waals surface area (Å²) in [4.78, 5) is 0. The fraction of sp³-hybridized carbons (Fsp3) is 0.333. The van der Waals surface area contributed by atoms with Gasteiger partial charge in [0.15, 0.2) is 0 Å². The lowest BCUT2D eigenvalue weighted by molar-refractivity contribution is 0.342. The van der Waals surface area contributed by atoms with Crippen molar-refractivity contribution in [1.29, 1.82) is 0 Å². The van der Waals surface area contributed by atoms with Crippen LogP contribution in [-0.4, -0.2) is 19.1 Å². The summed E-state index contributed by atoms with van der Waals surface area (Å²) in [5.41, 5.74) is 2.67. The molecule has 2 N–H and O–H groups in total. The maximum atomic E-state index is 3.71. The predicted octanol–water partition coefficient (Wildman–Crippen LogP) is 3.74. The van der Waals surface area contributed by atoms with E-state index < -0.39 is 0 Å². The Bertz CT molecular complexity index is 466. The summed E-state index contributed by atoms with van der Waals surface area (Å²) in [5.74, 6) is 0.645. The molecule has 0 spiro atoms. The average Bonchev–Trinajstić information content (AvgIpc) is 2.51. The van der Waals surface area contributed by atoms with Crippen LogP contribution in [0.3, 0.4) is 0 Å². The Morgan fingerprint density at radius 2 is 1.62 bits per heavy atom. The van der Waals surface area contributed by atoms with Crippen LogP contribution in [0, 0.1) is 5.92 Å². The van der Waals surface area contributed by atoms with Crippen LogP contribution >= 0.6 is 12.4 Å². The Hall–Kier alpha value is -1.51. The monoisotopic (exact) mass is 302 g/mol. The van der Waals surface area contributed by atoms with Gasteiger partial charge in [-0.05, 0) is 43.0 Å². The van der Waals surface area contributed by atoms with Crippen LogP contribution in [-0.2, 0) is 6.42 Å². The van der Waals surface area contributed by atoms with Crippen molar-refractivity contribution in [3.05, 3.63) is 66.2 Å². The van der Waals surface area contributed by atoms with Crippen molar-refractivity contribution in [3.8, 4) is 0 Å². The first-order chi connectivity index (χ1) is 9.92. The van der Waals surface area contributed by atoms with Crippen LogP contribution in [0.2, 0.25) is 0 Å². The normalized spacial score (nSPS) is 21.3. The number of hydrogen-bond donors (Lipinski definition) is 2. The van der Waals surface area contributed by atoms with Gasteiger partial charge in [-0.15, -0.1) is 12.4 Å². The van der Waals surface area contributed by atoms with E-state index in [9.17, 15) is 0 Å². The van der Waals surface area contributed by atoms with Crippen molar-refractivity contribution < 1.29 is 0 Å². The molecule has 2 aromatic rings. The maximum Gasteiger partial charge on any atom is 0.0342 e. The zero-order valence-corrected chi connectivity index (χ0v) is 13.0. The van der Waals surface area contributed by atoms with Crippen LogP contribution < -0.4 is 10.6 Å². The van der Waals surface area contributed by atoms with Gasteiger partial charge in [-0.3, -0.25) is 0 Å². The standard InChI is InChI=1S/C18H22N2.ClH/c1-3-7-15(8-4-1)13-16-14-19-12-11-18(16)20-17-9-5-2-6-10-17;/h1-10,16,18-20H,11-14H2;1H/t16-,18+;/m1./s1. The summed E-state index contributed by atoms with van der Waals surface area (Å²) in [6, 6.07) is 21.9. The molecule has 1 saturated heterocycles. The maximum absolute atomic E-state index is 3.71. The van der Waals surface area contributed by atoms with E-state index in [1.54, 1.807) is 0 Å². The van der Waals surface area contributed by atoms with Crippen LogP contribution in [0.5, 0.6) is 0 Å². The summed E-state index contributed by atoms with van der Waals surface area (Å²) in [6.07, 6.45) is 2.32. The Balaban J connectivity index is 0.00000161. The summed E-state index contributed by atoms with van der Waals surface area (Å²) in [6.45, 7) is 2.20. The predicted molar refractivity (Wildman–Crippen MR) is 92.2 cm³/mol. The van der Waals surface area contributed by atoms with Crippen molar-refractivity contribution in [2.24, 2.45) is 5.92 Å². The molecule has 0 aliphatic carbocycles. The van der Waals surface area contributed by atoms with Gasteiger partial charge in [0, 0.05) is 18.3 Å². The highest BCUT2D eigenvalue weighted by molar-refractivity contribution is 5.85. The Kier molecular flexibility index (Phi) is 6.09. The molecule has 0 amide bonds. The van der Waals surface area contributed by atoms with Gasteiger partial charge in [-0.25, -0.2) is 0 Å². The molecule has 2 nitrogen and oxygen atoms in total. The second kappa shape index (κ2) is 8.06. The van der Waals surface area contributed by atoms with E-state index in [0.29, 0.717) is 12.0 Å². The molecule has 0 aromatic heterocycles. The zero-order chi connectivity index (χ0) is 13.6. The number of piperidine rings is 1.